The van der Waals surface area contributed by atoms with Crippen molar-refractivity contribution in [1.29, 1.82) is 0 Å². The lowest BCUT2D eigenvalue weighted by molar-refractivity contribution is -0.384. The molecule has 1 N–H and O–H groups in total. The van der Waals surface area contributed by atoms with E-state index in [0.29, 0.717) is 16.3 Å². The predicted molar refractivity (Wildman–Crippen MR) is 126 cm³/mol. The summed E-state index contributed by atoms with van der Waals surface area (Å²) in [5, 5.41) is 15.8. The highest BCUT2D eigenvalue weighted by Gasteiger charge is 2.11. The maximum atomic E-state index is 12.0. The van der Waals surface area contributed by atoms with Crippen molar-refractivity contribution in [3.05, 3.63) is 92.0 Å². The third-order valence-electron chi connectivity index (χ3n) is 4.10. The molecule has 164 valence electrons. The normalized spacial score (nSPS) is 10.8. The summed E-state index contributed by atoms with van der Waals surface area (Å²) in [4.78, 5) is 24.4. The van der Waals surface area contributed by atoms with E-state index in [1.54, 1.807) is 18.2 Å². The summed E-state index contributed by atoms with van der Waals surface area (Å²) >= 11 is 13.3. The van der Waals surface area contributed by atoms with Crippen molar-refractivity contribution in [3.8, 4) is 5.75 Å². The molecule has 0 aromatic heterocycles. The van der Waals surface area contributed by atoms with Gasteiger partial charge in [0.2, 0.25) is 0 Å². The van der Waals surface area contributed by atoms with Crippen LogP contribution in [-0.4, -0.2) is 23.7 Å². The number of nitrogens with zero attached hydrogens (tertiary/aromatic N) is 2. The fourth-order valence-electron chi connectivity index (χ4n) is 2.52. The number of halogens is 2. The lowest BCUT2D eigenvalue weighted by Gasteiger charge is -2.08. The number of aryl methyl sites for hydroxylation is 1. The second kappa shape index (κ2) is 11.0. The first kappa shape index (κ1) is 23.6. The Hall–Kier alpha value is -3.07. The second-order valence-corrected chi connectivity index (χ2v) is 8.51. The Labute approximate surface area is 198 Å². The smallest absolute Gasteiger partial charge is 0.277 e. The molecule has 0 fully saturated rings. The van der Waals surface area contributed by atoms with Crippen LogP contribution in [0.2, 0.25) is 10.0 Å². The van der Waals surface area contributed by atoms with Gasteiger partial charge in [-0.3, -0.25) is 14.9 Å². The minimum Gasteiger partial charge on any atom is -0.482 e. The summed E-state index contributed by atoms with van der Waals surface area (Å²) in [5.41, 5.74) is 3.88. The third-order valence-corrected chi connectivity index (χ3v) is 5.73. The van der Waals surface area contributed by atoms with Gasteiger partial charge in [-0.05, 0) is 43.3 Å². The second-order valence-electron chi connectivity index (χ2n) is 6.55. The number of ether oxygens (including phenoxy) is 1. The molecule has 0 heterocycles. The fourth-order valence-corrected chi connectivity index (χ4v) is 3.87. The molecule has 0 saturated carbocycles. The molecule has 3 aromatic rings. The molecule has 0 bridgehead atoms. The molecule has 0 radical (unpaired) electrons. The minimum atomic E-state index is -0.523. The Balaban J connectivity index is 1.68. The Morgan fingerprint density at radius 1 is 1.16 bits per heavy atom. The zero-order chi connectivity index (χ0) is 23.1. The quantitative estimate of drug-likeness (QED) is 0.241. The van der Waals surface area contributed by atoms with Crippen molar-refractivity contribution in [2.75, 3.05) is 6.61 Å². The van der Waals surface area contributed by atoms with Gasteiger partial charge in [0, 0.05) is 32.5 Å². The van der Waals surface area contributed by atoms with Crippen LogP contribution in [0.3, 0.4) is 0 Å². The minimum absolute atomic E-state index is 0.0771. The van der Waals surface area contributed by atoms with Crippen molar-refractivity contribution in [2.45, 2.75) is 16.7 Å². The van der Waals surface area contributed by atoms with Gasteiger partial charge in [-0.15, -0.1) is 0 Å². The maximum Gasteiger partial charge on any atom is 0.277 e. The summed E-state index contributed by atoms with van der Waals surface area (Å²) in [7, 11) is 0. The third kappa shape index (κ3) is 6.71. The van der Waals surface area contributed by atoms with Crippen LogP contribution < -0.4 is 10.2 Å². The van der Waals surface area contributed by atoms with Crippen LogP contribution >= 0.6 is 35.0 Å². The molecule has 32 heavy (non-hydrogen) atoms. The molecule has 1 amide bonds. The van der Waals surface area contributed by atoms with Crippen LogP contribution in [-0.2, 0) is 4.79 Å². The number of amides is 1. The zero-order valence-electron chi connectivity index (χ0n) is 16.7. The molecular formula is C22H17Cl2N3O4S. The van der Waals surface area contributed by atoms with Gasteiger partial charge in [0.25, 0.3) is 11.6 Å². The first-order valence-corrected chi connectivity index (χ1v) is 10.8. The molecular weight excluding hydrogens is 473 g/mol. The Kier molecular flexibility index (Phi) is 8.10. The fraction of sp³-hybridized carbons (Fsp3) is 0.0909. The molecule has 0 saturated heterocycles. The maximum absolute atomic E-state index is 12.0. The Bertz CT molecular complexity index is 1170. The zero-order valence-corrected chi connectivity index (χ0v) is 19.1. The van der Waals surface area contributed by atoms with Gasteiger partial charge in [0.1, 0.15) is 5.75 Å². The topological polar surface area (TPSA) is 93.8 Å². The van der Waals surface area contributed by atoms with Gasteiger partial charge in [-0.25, -0.2) is 5.43 Å². The van der Waals surface area contributed by atoms with Crippen LogP contribution in [0.25, 0.3) is 0 Å². The number of nitrogens with one attached hydrogen (secondary N) is 1. The predicted octanol–water partition coefficient (Wildman–Crippen LogP) is 5.89. The number of carbonyl (C=O) groups excluding carboxylic acids is 1. The molecule has 7 nitrogen and oxygen atoms in total. The van der Waals surface area contributed by atoms with Crippen LogP contribution in [0.5, 0.6) is 5.75 Å². The van der Waals surface area contributed by atoms with Crippen molar-refractivity contribution in [3.63, 3.8) is 0 Å². The average Bonchev–Trinajstić information content (AvgIpc) is 2.75. The number of nitro benzene ring substituents is 1. The van der Waals surface area contributed by atoms with E-state index >= 15 is 0 Å². The molecule has 3 rings (SSSR count). The number of rotatable bonds is 8. The van der Waals surface area contributed by atoms with Gasteiger partial charge >= 0.3 is 0 Å². The van der Waals surface area contributed by atoms with Gasteiger partial charge in [0.05, 0.1) is 16.2 Å². The number of carbonyl (C=O) groups is 1. The standard InChI is InChI=1S/C22H17Cl2N3O4S/c1-14-2-6-18(7-3-14)32-21-9-5-17(27(29)30)10-15(21)12-25-26-22(28)13-31-20-8-4-16(23)11-19(20)24/h2-12H,13H2,1H3,(H,26,28)/b25-12+. The van der Waals surface area contributed by atoms with Crippen LogP contribution in [0, 0.1) is 17.0 Å². The van der Waals surface area contributed by atoms with E-state index in [1.165, 1.54) is 36.2 Å². The SMILES string of the molecule is Cc1ccc(Sc2ccc([N+](=O)[O-])cc2/C=N/NC(=O)COc2ccc(Cl)cc2Cl)cc1. The van der Waals surface area contributed by atoms with E-state index in [-0.39, 0.29) is 17.3 Å². The highest BCUT2D eigenvalue weighted by Crippen LogP contribution is 2.32. The van der Waals surface area contributed by atoms with Crippen molar-refractivity contribution in [1.82, 2.24) is 5.43 Å². The van der Waals surface area contributed by atoms with E-state index in [1.807, 2.05) is 31.2 Å². The molecule has 0 atom stereocenters. The lowest BCUT2D eigenvalue weighted by atomic mass is 10.2. The first-order valence-electron chi connectivity index (χ1n) is 9.24. The highest BCUT2D eigenvalue weighted by molar-refractivity contribution is 7.99. The number of hydrazone groups is 1. The van der Waals surface area contributed by atoms with Crippen molar-refractivity contribution in [2.24, 2.45) is 5.10 Å². The summed E-state index contributed by atoms with van der Waals surface area (Å²) < 4.78 is 5.35. The molecule has 3 aromatic carbocycles. The molecule has 10 heteroatoms. The first-order chi connectivity index (χ1) is 15.3. The average molecular weight is 490 g/mol. The summed E-state index contributed by atoms with van der Waals surface area (Å²) in [5.74, 6) is -0.212. The number of nitro groups is 1. The Morgan fingerprint density at radius 2 is 1.91 bits per heavy atom. The summed E-state index contributed by atoms with van der Waals surface area (Å²) in [6, 6.07) is 17.0. The Morgan fingerprint density at radius 3 is 2.59 bits per heavy atom. The lowest BCUT2D eigenvalue weighted by Crippen LogP contribution is -2.24. The van der Waals surface area contributed by atoms with E-state index < -0.39 is 10.8 Å². The van der Waals surface area contributed by atoms with E-state index in [9.17, 15) is 14.9 Å². The van der Waals surface area contributed by atoms with Crippen LogP contribution in [0.15, 0.2) is 75.6 Å². The molecule has 0 aliphatic carbocycles. The van der Waals surface area contributed by atoms with E-state index in [4.69, 9.17) is 27.9 Å². The number of non-ortho nitro benzene ring substituents is 1. The number of hydrogen-bond donors (Lipinski definition) is 1. The number of benzene rings is 3. The van der Waals surface area contributed by atoms with Crippen LogP contribution in [0.4, 0.5) is 5.69 Å². The van der Waals surface area contributed by atoms with Gasteiger partial charge in [-0.1, -0.05) is 52.7 Å². The monoisotopic (exact) mass is 489 g/mol. The van der Waals surface area contributed by atoms with Crippen molar-refractivity contribution >= 4 is 52.8 Å². The summed E-state index contributed by atoms with van der Waals surface area (Å²) in [6.07, 6.45) is 1.36. The van der Waals surface area contributed by atoms with Gasteiger partial charge in [0.15, 0.2) is 6.61 Å². The van der Waals surface area contributed by atoms with Gasteiger partial charge in [-0.2, -0.15) is 5.10 Å². The molecule has 0 spiro atoms. The molecule has 0 aliphatic heterocycles. The van der Waals surface area contributed by atoms with E-state index in [2.05, 4.69) is 10.5 Å². The summed E-state index contributed by atoms with van der Waals surface area (Å²) in [6.45, 7) is 1.67. The molecule has 0 unspecified atom stereocenters. The molecule has 0 aliphatic rings. The van der Waals surface area contributed by atoms with E-state index in [0.717, 1.165) is 15.4 Å². The highest BCUT2D eigenvalue weighted by atomic mass is 35.5. The van der Waals surface area contributed by atoms with Gasteiger partial charge < -0.3 is 4.74 Å². The number of hydrogen-bond acceptors (Lipinski definition) is 6. The largest absolute Gasteiger partial charge is 0.482 e. The van der Waals surface area contributed by atoms with Crippen molar-refractivity contribution < 1.29 is 14.5 Å². The van der Waals surface area contributed by atoms with Crippen LogP contribution in [0.1, 0.15) is 11.1 Å².